The zero-order valence-corrected chi connectivity index (χ0v) is 13.1. The molecule has 1 aliphatic carbocycles. The molecule has 1 aliphatic rings. The fourth-order valence-electron chi connectivity index (χ4n) is 2.32. The predicted molar refractivity (Wildman–Crippen MR) is 75.2 cm³/mol. The molecule has 4 nitrogen and oxygen atoms in total. The molecule has 102 valence electrons. The van der Waals surface area contributed by atoms with Crippen molar-refractivity contribution in [1.29, 1.82) is 0 Å². The molecule has 0 aliphatic heterocycles. The van der Waals surface area contributed by atoms with Gasteiger partial charge in [0.15, 0.2) is 0 Å². The highest BCUT2D eigenvalue weighted by atomic mass is 79.9. The van der Waals surface area contributed by atoms with Crippen LogP contribution in [0.5, 0.6) is 0 Å². The molecule has 0 bridgehead atoms. The lowest BCUT2D eigenvalue weighted by Gasteiger charge is -2.35. The third kappa shape index (κ3) is 2.96. The van der Waals surface area contributed by atoms with Crippen molar-refractivity contribution in [3.8, 4) is 0 Å². The highest BCUT2D eigenvalue weighted by Crippen LogP contribution is 2.32. The molecule has 0 spiro atoms. The van der Waals surface area contributed by atoms with Gasteiger partial charge in [-0.05, 0) is 40.2 Å². The van der Waals surface area contributed by atoms with E-state index in [2.05, 4.69) is 20.7 Å². The first-order chi connectivity index (χ1) is 8.49. The molecular weight excluding hydrogens is 338 g/mol. The van der Waals surface area contributed by atoms with Gasteiger partial charge in [-0.2, -0.15) is 0 Å². The lowest BCUT2D eigenvalue weighted by atomic mass is 9.83. The smallest absolute Gasteiger partial charge is 0.251 e. The van der Waals surface area contributed by atoms with Crippen molar-refractivity contribution in [2.75, 3.05) is 6.61 Å². The monoisotopic (exact) mass is 353 g/mol. The second-order valence-corrected chi connectivity index (χ2v) is 8.31. The summed E-state index contributed by atoms with van der Waals surface area (Å²) in [6.45, 7) is -0.144. The minimum Gasteiger partial charge on any atom is -0.394 e. The van der Waals surface area contributed by atoms with Crippen molar-refractivity contribution in [3.05, 3.63) is 15.9 Å². The molecule has 2 rings (SSSR count). The highest BCUT2D eigenvalue weighted by Gasteiger charge is 2.36. The number of hydrogen-bond acceptors (Lipinski definition) is 4. The van der Waals surface area contributed by atoms with Gasteiger partial charge in [0.25, 0.3) is 10.0 Å². The molecule has 0 saturated heterocycles. The van der Waals surface area contributed by atoms with Gasteiger partial charge in [-0.1, -0.05) is 19.3 Å². The van der Waals surface area contributed by atoms with Crippen LogP contribution in [0.4, 0.5) is 0 Å². The molecule has 1 fully saturated rings. The zero-order chi connectivity index (χ0) is 13.2. The summed E-state index contributed by atoms with van der Waals surface area (Å²) in [4.78, 5) is 0. The van der Waals surface area contributed by atoms with E-state index in [0.29, 0.717) is 17.3 Å². The Morgan fingerprint density at radius 2 is 2.06 bits per heavy atom. The average Bonchev–Trinajstić information content (AvgIpc) is 2.77. The minimum atomic E-state index is -3.56. The first kappa shape index (κ1) is 14.5. The Bertz CT molecular complexity index is 506. The molecule has 7 heteroatoms. The number of hydrogen-bond donors (Lipinski definition) is 2. The molecular formula is C11H16BrNO3S2. The van der Waals surface area contributed by atoms with Gasteiger partial charge in [0.05, 0.1) is 12.1 Å². The molecule has 1 saturated carbocycles. The Morgan fingerprint density at radius 1 is 1.39 bits per heavy atom. The summed E-state index contributed by atoms with van der Waals surface area (Å²) < 4.78 is 28.2. The van der Waals surface area contributed by atoms with Gasteiger partial charge in [-0.3, -0.25) is 0 Å². The molecule has 0 atom stereocenters. The normalized spacial score (nSPS) is 19.9. The molecule has 0 unspecified atom stereocenters. The van der Waals surface area contributed by atoms with E-state index in [4.69, 9.17) is 0 Å². The van der Waals surface area contributed by atoms with E-state index >= 15 is 0 Å². The SMILES string of the molecule is O=S(=O)(NC1(CO)CCCCC1)c1sccc1Br. The topological polar surface area (TPSA) is 66.4 Å². The van der Waals surface area contributed by atoms with E-state index in [1.165, 1.54) is 11.3 Å². The van der Waals surface area contributed by atoms with E-state index in [0.717, 1.165) is 19.3 Å². The number of aliphatic hydroxyl groups excluding tert-OH is 1. The average molecular weight is 354 g/mol. The maximum absolute atomic E-state index is 12.3. The number of aliphatic hydroxyl groups is 1. The summed E-state index contributed by atoms with van der Waals surface area (Å²) in [6.07, 6.45) is 4.41. The lowest BCUT2D eigenvalue weighted by molar-refractivity contribution is 0.142. The first-order valence-corrected chi connectivity index (χ1v) is 9.03. The van der Waals surface area contributed by atoms with Crippen molar-refractivity contribution in [1.82, 2.24) is 4.72 Å². The summed E-state index contributed by atoms with van der Waals surface area (Å²) in [7, 11) is -3.56. The lowest BCUT2D eigenvalue weighted by Crippen LogP contribution is -2.52. The highest BCUT2D eigenvalue weighted by molar-refractivity contribution is 9.10. The van der Waals surface area contributed by atoms with Gasteiger partial charge in [0.2, 0.25) is 0 Å². The molecule has 1 aromatic heterocycles. The third-order valence-corrected chi connectivity index (χ3v) is 7.54. The summed E-state index contributed by atoms with van der Waals surface area (Å²) in [5.41, 5.74) is -0.680. The van der Waals surface area contributed by atoms with Crippen LogP contribution in [0.3, 0.4) is 0 Å². The van der Waals surface area contributed by atoms with Crippen LogP contribution >= 0.6 is 27.3 Å². The predicted octanol–water partition coefficient (Wildman–Crippen LogP) is 2.48. The van der Waals surface area contributed by atoms with Crippen LogP contribution < -0.4 is 4.72 Å². The van der Waals surface area contributed by atoms with Crippen molar-refractivity contribution in [2.45, 2.75) is 41.9 Å². The number of nitrogens with one attached hydrogen (secondary N) is 1. The van der Waals surface area contributed by atoms with Gasteiger partial charge in [-0.15, -0.1) is 11.3 Å². The Hall–Kier alpha value is 0.0500. The van der Waals surface area contributed by atoms with E-state index in [9.17, 15) is 13.5 Å². The van der Waals surface area contributed by atoms with Crippen LogP contribution in [0, 0.1) is 0 Å². The Kier molecular flexibility index (Phi) is 4.48. The molecule has 0 aromatic carbocycles. The molecule has 18 heavy (non-hydrogen) atoms. The fraction of sp³-hybridized carbons (Fsp3) is 0.636. The van der Waals surface area contributed by atoms with Crippen molar-refractivity contribution < 1.29 is 13.5 Å². The summed E-state index contributed by atoms with van der Waals surface area (Å²) in [5.74, 6) is 0. The summed E-state index contributed by atoms with van der Waals surface area (Å²) >= 11 is 4.41. The van der Waals surface area contributed by atoms with Gasteiger partial charge in [-0.25, -0.2) is 13.1 Å². The van der Waals surface area contributed by atoms with Gasteiger partial charge in [0, 0.05) is 4.47 Å². The van der Waals surface area contributed by atoms with Crippen molar-refractivity contribution in [3.63, 3.8) is 0 Å². The van der Waals surface area contributed by atoms with Crippen molar-refractivity contribution >= 4 is 37.3 Å². The van der Waals surface area contributed by atoms with Gasteiger partial charge in [0.1, 0.15) is 4.21 Å². The van der Waals surface area contributed by atoms with E-state index in [-0.39, 0.29) is 10.8 Å². The maximum Gasteiger partial charge on any atom is 0.251 e. The van der Waals surface area contributed by atoms with Crippen molar-refractivity contribution in [2.24, 2.45) is 0 Å². The minimum absolute atomic E-state index is 0.144. The number of thiophene rings is 1. The first-order valence-electron chi connectivity index (χ1n) is 5.87. The molecule has 2 N–H and O–H groups in total. The fourth-order valence-corrected chi connectivity index (χ4v) is 6.11. The van der Waals surface area contributed by atoms with Crippen LogP contribution in [-0.4, -0.2) is 25.7 Å². The summed E-state index contributed by atoms with van der Waals surface area (Å²) in [5, 5.41) is 11.3. The Labute approximate surface area is 120 Å². The van der Waals surface area contributed by atoms with Crippen LogP contribution in [-0.2, 0) is 10.0 Å². The molecule has 1 aromatic rings. The van der Waals surface area contributed by atoms with Crippen LogP contribution in [0.2, 0.25) is 0 Å². The Morgan fingerprint density at radius 3 is 2.56 bits per heavy atom. The standard InChI is InChI=1S/C11H16BrNO3S2/c12-9-4-7-17-10(9)18(15,16)13-11(8-14)5-2-1-3-6-11/h4,7,13-14H,1-3,5-6,8H2. The maximum atomic E-state index is 12.3. The number of sulfonamides is 1. The summed E-state index contributed by atoms with van der Waals surface area (Å²) in [6, 6.07) is 1.71. The zero-order valence-electron chi connectivity index (χ0n) is 9.86. The second kappa shape index (κ2) is 5.58. The largest absolute Gasteiger partial charge is 0.394 e. The van der Waals surface area contributed by atoms with Crippen LogP contribution in [0.15, 0.2) is 20.1 Å². The van der Waals surface area contributed by atoms with E-state index < -0.39 is 15.6 Å². The number of halogens is 1. The van der Waals surface area contributed by atoms with Gasteiger partial charge >= 0.3 is 0 Å². The van der Waals surface area contributed by atoms with Crippen LogP contribution in [0.1, 0.15) is 32.1 Å². The molecule has 0 radical (unpaired) electrons. The third-order valence-electron chi connectivity index (χ3n) is 3.29. The van der Waals surface area contributed by atoms with Crippen LogP contribution in [0.25, 0.3) is 0 Å². The molecule has 0 amide bonds. The number of rotatable bonds is 4. The van der Waals surface area contributed by atoms with E-state index in [1.807, 2.05) is 0 Å². The second-order valence-electron chi connectivity index (χ2n) is 4.66. The molecule has 1 heterocycles. The quantitative estimate of drug-likeness (QED) is 0.873. The van der Waals surface area contributed by atoms with E-state index in [1.54, 1.807) is 11.4 Å². The van der Waals surface area contributed by atoms with Gasteiger partial charge < -0.3 is 5.11 Å². The Balaban J connectivity index is 2.24.